The normalized spacial score (nSPS) is 12.4. The average molecular weight is 311 g/mol. The summed E-state index contributed by atoms with van der Waals surface area (Å²) in [6, 6.07) is 5.00. The number of aromatic nitrogens is 1. The van der Waals surface area contributed by atoms with E-state index in [4.69, 9.17) is 5.73 Å². The summed E-state index contributed by atoms with van der Waals surface area (Å²) < 4.78 is 30.5. The number of aryl methyl sites for hydroxylation is 1. The van der Waals surface area contributed by atoms with E-state index in [1.54, 1.807) is 18.2 Å². The number of likely N-dealkylation sites (N-methyl/N-ethyl adjacent to an activating group) is 1. The van der Waals surface area contributed by atoms with Crippen LogP contribution in [0.3, 0.4) is 0 Å². The van der Waals surface area contributed by atoms with E-state index in [0.717, 1.165) is 29.4 Å². The summed E-state index contributed by atoms with van der Waals surface area (Å²) >= 11 is 0. The van der Waals surface area contributed by atoms with Gasteiger partial charge in [-0.2, -0.15) is 8.42 Å². The van der Waals surface area contributed by atoms with Crippen molar-refractivity contribution in [3.05, 3.63) is 30.0 Å². The molecule has 1 heterocycles. The van der Waals surface area contributed by atoms with E-state index in [0.29, 0.717) is 0 Å². The van der Waals surface area contributed by atoms with Crippen molar-refractivity contribution < 1.29 is 12.6 Å². The predicted octanol–water partition coefficient (Wildman–Crippen LogP) is 0.904. The van der Waals surface area contributed by atoms with Crippen LogP contribution >= 0.6 is 0 Å². The lowest BCUT2D eigenvalue weighted by Gasteiger charge is -2.08. The number of hydrogen-bond donors (Lipinski definition) is 1. The number of fused-ring (bicyclic) bond motifs is 1. The van der Waals surface area contributed by atoms with E-state index in [-0.39, 0.29) is 11.6 Å². The fourth-order valence-electron chi connectivity index (χ4n) is 2.31. The molecular formula is C14H21N3O3S. The molecule has 0 aliphatic heterocycles. The Morgan fingerprint density at radius 3 is 2.67 bits per heavy atom. The standard InChI is InChI=1S/C14H21N3O3S/c1-16(2)7-6-11-9-17(3)14-5-4-12(8-13(11)14)21(18,19)20-10-15/h4-5,8-9H,6-7,10,15H2,1-3H3. The third-order valence-corrected chi connectivity index (χ3v) is 4.66. The van der Waals surface area contributed by atoms with Crippen LogP contribution in [0.2, 0.25) is 0 Å². The lowest BCUT2D eigenvalue weighted by molar-refractivity contribution is 0.329. The zero-order chi connectivity index (χ0) is 15.6. The first kappa shape index (κ1) is 16.0. The Kier molecular flexibility index (Phi) is 4.67. The summed E-state index contributed by atoms with van der Waals surface area (Å²) in [7, 11) is 2.19. The highest BCUT2D eigenvalue weighted by atomic mass is 32.2. The monoisotopic (exact) mass is 311 g/mol. The summed E-state index contributed by atoms with van der Waals surface area (Å²) in [6.45, 7) is 0.540. The van der Waals surface area contributed by atoms with Gasteiger partial charge >= 0.3 is 0 Å². The van der Waals surface area contributed by atoms with Crippen molar-refractivity contribution in [3.63, 3.8) is 0 Å². The Morgan fingerprint density at radius 2 is 2.05 bits per heavy atom. The first-order valence-corrected chi connectivity index (χ1v) is 8.08. The summed E-state index contributed by atoms with van der Waals surface area (Å²) in [4.78, 5) is 2.23. The highest BCUT2D eigenvalue weighted by Crippen LogP contribution is 2.25. The quantitative estimate of drug-likeness (QED) is 0.633. The van der Waals surface area contributed by atoms with Crippen LogP contribution in [0.4, 0.5) is 0 Å². The van der Waals surface area contributed by atoms with Gasteiger partial charge in [-0.15, -0.1) is 0 Å². The Morgan fingerprint density at radius 1 is 1.33 bits per heavy atom. The molecule has 7 heteroatoms. The minimum atomic E-state index is -3.79. The largest absolute Gasteiger partial charge is 0.350 e. The highest BCUT2D eigenvalue weighted by Gasteiger charge is 2.17. The molecule has 21 heavy (non-hydrogen) atoms. The van der Waals surface area contributed by atoms with Gasteiger partial charge in [0, 0.05) is 30.7 Å². The molecule has 2 N–H and O–H groups in total. The molecule has 0 spiro atoms. The molecule has 0 unspecified atom stereocenters. The molecule has 116 valence electrons. The van der Waals surface area contributed by atoms with Crippen LogP contribution in [0.15, 0.2) is 29.3 Å². The molecule has 0 radical (unpaired) electrons. The van der Waals surface area contributed by atoms with Crippen molar-refractivity contribution >= 4 is 21.0 Å². The highest BCUT2D eigenvalue weighted by molar-refractivity contribution is 7.86. The molecular weight excluding hydrogens is 290 g/mol. The Hall–Kier alpha value is -1.41. The molecule has 2 aromatic rings. The minimum absolute atomic E-state index is 0.137. The first-order chi connectivity index (χ1) is 9.85. The fourth-order valence-corrected chi connectivity index (χ4v) is 3.12. The van der Waals surface area contributed by atoms with Crippen LogP contribution in [0.1, 0.15) is 5.56 Å². The number of nitrogens with zero attached hydrogens (tertiary/aromatic N) is 2. The summed E-state index contributed by atoms with van der Waals surface area (Å²) in [5.74, 6) is 0. The maximum Gasteiger partial charge on any atom is 0.298 e. The third-order valence-electron chi connectivity index (χ3n) is 3.38. The molecule has 0 fully saturated rings. The van der Waals surface area contributed by atoms with Crippen LogP contribution in [0.5, 0.6) is 0 Å². The third kappa shape index (κ3) is 3.44. The fraction of sp³-hybridized carbons (Fsp3) is 0.429. The SMILES string of the molecule is CN(C)CCc1cn(C)c2ccc(S(=O)(=O)OCN)cc12. The van der Waals surface area contributed by atoms with Gasteiger partial charge in [-0.05, 0) is 44.3 Å². The predicted molar refractivity (Wildman–Crippen MR) is 82.5 cm³/mol. The van der Waals surface area contributed by atoms with E-state index < -0.39 is 10.1 Å². The maximum atomic E-state index is 11.9. The second kappa shape index (κ2) is 6.15. The molecule has 0 aliphatic rings. The van der Waals surface area contributed by atoms with Gasteiger partial charge in [0.15, 0.2) is 0 Å². The summed E-state index contributed by atoms with van der Waals surface area (Å²) in [5, 5.41) is 0.932. The first-order valence-electron chi connectivity index (χ1n) is 6.67. The molecule has 2 rings (SSSR count). The van der Waals surface area contributed by atoms with Crippen molar-refractivity contribution in [1.82, 2.24) is 9.47 Å². The number of hydrogen-bond acceptors (Lipinski definition) is 5. The Labute approximate surface area is 125 Å². The molecule has 1 aromatic carbocycles. The van der Waals surface area contributed by atoms with Crippen molar-refractivity contribution in [2.75, 3.05) is 27.4 Å². The average Bonchev–Trinajstić information content (AvgIpc) is 2.73. The van der Waals surface area contributed by atoms with E-state index in [9.17, 15) is 8.42 Å². The van der Waals surface area contributed by atoms with E-state index in [1.165, 1.54) is 0 Å². The van der Waals surface area contributed by atoms with Crippen molar-refractivity contribution in [1.29, 1.82) is 0 Å². The maximum absolute atomic E-state index is 11.9. The van der Waals surface area contributed by atoms with Gasteiger partial charge < -0.3 is 15.2 Å². The molecule has 0 aliphatic carbocycles. The Bertz CT molecular complexity index is 735. The topological polar surface area (TPSA) is 77.6 Å². The van der Waals surface area contributed by atoms with Gasteiger partial charge in [0.2, 0.25) is 0 Å². The van der Waals surface area contributed by atoms with E-state index >= 15 is 0 Å². The van der Waals surface area contributed by atoms with Crippen LogP contribution in [0, 0.1) is 0 Å². The molecule has 0 atom stereocenters. The van der Waals surface area contributed by atoms with Crippen LogP contribution in [0.25, 0.3) is 10.9 Å². The molecule has 0 amide bonds. The van der Waals surface area contributed by atoms with Crippen LogP contribution in [-0.4, -0.2) is 45.3 Å². The van der Waals surface area contributed by atoms with Gasteiger partial charge in [-0.3, -0.25) is 4.18 Å². The van der Waals surface area contributed by atoms with Crippen LogP contribution < -0.4 is 5.73 Å². The van der Waals surface area contributed by atoms with Crippen molar-refractivity contribution in [2.45, 2.75) is 11.3 Å². The van der Waals surface area contributed by atoms with E-state index in [2.05, 4.69) is 9.08 Å². The number of rotatable bonds is 6. The van der Waals surface area contributed by atoms with Gasteiger partial charge in [0.05, 0.1) is 4.90 Å². The van der Waals surface area contributed by atoms with Gasteiger partial charge in [-0.1, -0.05) is 0 Å². The Balaban J connectivity index is 2.48. The number of benzene rings is 1. The van der Waals surface area contributed by atoms with E-state index in [1.807, 2.05) is 31.9 Å². The van der Waals surface area contributed by atoms with Crippen LogP contribution in [-0.2, 0) is 27.8 Å². The zero-order valence-electron chi connectivity index (χ0n) is 12.5. The summed E-state index contributed by atoms with van der Waals surface area (Å²) in [6.07, 6.45) is 2.89. The van der Waals surface area contributed by atoms with Gasteiger partial charge in [0.25, 0.3) is 10.1 Å². The van der Waals surface area contributed by atoms with Crippen molar-refractivity contribution in [3.8, 4) is 0 Å². The zero-order valence-corrected chi connectivity index (χ0v) is 13.4. The van der Waals surface area contributed by atoms with Gasteiger partial charge in [0.1, 0.15) is 6.73 Å². The number of nitrogens with two attached hydrogens (primary N) is 1. The molecule has 0 saturated carbocycles. The molecule has 0 bridgehead atoms. The molecule has 0 saturated heterocycles. The lowest BCUT2D eigenvalue weighted by Crippen LogP contribution is -2.15. The van der Waals surface area contributed by atoms with Gasteiger partial charge in [-0.25, -0.2) is 0 Å². The minimum Gasteiger partial charge on any atom is -0.350 e. The second-order valence-corrected chi connectivity index (χ2v) is 6.85. The van der Waals surface area contributed by atoms with Crippen molar-refractivity contribution in [2.24, 2.45) is 12.8 Å². The molecule has 1 aromatic heterocycles. The lowest BCUT2D eigenvalue weighted by atomic mass is 10.1. The summed E-state index contributed by atoms with van der Waals surface area (Å²) in [5.41, 5.74) is 7.28. The second-order valence-electron chi connectivity index (χ2n) is 5.24. The smallest absolute Gasteiger partial charge is 0.298 e. The molecule has 6 nitrogen and oxygen atoms in total.